The third kappa shape index (κ3) is 2.43. The van der Waals surface area contributed by atoms with Crippen LogP contribution in [0.1, 0.15) is 30.8 Å². The third-order valence-corrected chi connectivity index (χ3v) is 3.24. The van der Waals surface area contributed by atoms with Crippen LogP contribution in [0.15, 0.2) is 24.0 Å². The Morgan fingerprint density at radius 1 is 1.38 bits per heavy atom. The van der Waals surface area contributed by atoms with Crippen molar-refractivity contribution in [1.29, 1.82) is 0 Å². The standard InChI is InChI=1S/C11H14N4S/c1-2-3-8(12)11-15-10(7-16-11)9-6-13-4-5-14-9/h4-8H,2-3,12H2,1H3. The Balaban J connectivity index is 2.20. The summed E-state index contributed by atoms with van der Waals surface area (Å²) < 4.78 is 0. The lowest BCUT2D eigenvalue weighted by molar-refractivity contribution is 0.635. The number of nitrogens with two attached hydrogens (primary N) is 1. The molecular formula is C11H14N4S. The van der Waals surface area contributed by atoms with E-state index in [2.05, 4.69) is 21.9 Å². The van der Waals surface area contributed by atoms with Gasteiger partial charge in [-0.05, 0) is 6.42 Å². The van der Waals surface area contributed by atoms with Gasteiger partial charge < -0.3 is 5.73 Å². The molecule has 2 rings (SSSR count). The fraction of sp³-hybridized carbons (Fsp3) is 0.364. The molecule has 1 atom stereocenters. The molecule has 2 N–H and O–H groups in total. The highest BCUT2D eigenvalue weighted by Crippen LogP contribution is 2.24. The molecule has 84 valence electrons. The number of hydrogen-bond acceptors (Lipinski definition) is 5. The van der Waals surface area contributed by atoms with Crippen LogP contribution in [0.25, 0.3) is 11.4 Å². The van der Waals surface area contributed by atoms with Crippen LogP contribution < -0.4 is 5.73 Å². The molecule has 4 nitrogen and oxygen atoms in total. The Labute approximate surface area is 98.6 Å². The van der Waals surface area contributed by atoms with Crippen molar-refractivity contribution < 1.29 is 0 Å². The number of nitrogens with zero attached hydrogens (tertiary/aromatic N) is 3. The van der Waals surface area contributed by atoms with Crippen molar-refractivity contribution in [1.82, 2.24) is 15.0 Å². The molecule has 5 heteroatoms. The van der Waals surface area contributed by atoms with Gasteiger partial charge >= 0.3 is 0 Å². The number of thiazole rings is 1. The van der Waals surface area contributed by atoms with Gasteiger partial charge in [0, 0.05) is 17.8 Å². The molecular weight excluding hydrogens is 220 g/mol. The van der Waals surface area contributed by atoms with Crippen molar-refractivity contribution in [2.45, 2.75) is 25.8 Å². The molecule has 16 heavy (non-hydrogen) atoms. The molecule has 0 bridgehead atoms. The van der Waals surface area contributed by atoms with Crippen LogP contribution in [-0.4, -0.2) is 15.0 Å². The average Bonchev–Trinajstić information content (AvgIpc) is 2.80. The summed E-state index contributed by atoms with van der Waals surface area (Å²) in [5.74, 6) is 0. The zero-order chi connectivity index (χ0) is 11.4. The van der Waals surface area contributed by atoms with Gasteiger partial charge in [-0.3, -0.25) is 9.97 Å². The van der Waals surface area contributed by atoms with Gasteiger partial charge in [0.1, 0.15) is 16.4 Å². The molecule has 0 aliphatic rings. The zero-order valence-corrected chi connectivity index (χ0v) is 9.94. The molecule has 2 aromatic heterocycles. The van der Waals surface area contributed by atoms with Crippen LogP contribution in [0.4, 0.5) is 0 Å². The van der Waals surface area contributed by atoms with Gasteiger partial charge in [-0.2, -0.15) is 0 Å². The first-order chi connectivity index (χ1) is 7.81. The molecule has 0 aliphatic heterocycles. The van der Waals surface area contributed by atoms with Crippen molar-refractivity contribution in [3.05, 3.63) is 29.0 Å². The Morgan fingerprint density at radius 3 is 2.94 bits per heavy atom. The van der Waals surface area contributed by atoms with Crippen LogP contribution >= 0.6 is 11.3 Å². The van der Waals surface area contributed by atoms with Crippen LogP contribution in [0.3, 0.4) is 0 Å². The van der Waals surface area contributed by atoms with E-state index in [1.54, 1.807) is 29.9 Å². The SMILES string of the molecule is CCCC(N)c1nc(-c2cnccn2)cs1. The zero-order valence-electron chi connectivity index (χ0n) is 9.13. The molecule has 0 aliphatic carbocycles. The van der Waals surface area contributed by atoms with E-state index in [0.717, 1.165) is 29.2 Å². The molecule has 0 aromatic carbocycles. The van der Waals surface area contributed by atoms with E-state index in [-0.39, 0.29) is 6.04 Å². The molecule has 2 heterocycles. The lowest BCUT2D eigenvalue weighted by atomic mass is 10.2. The first kappa shape index (κ1) is 11.2. The van der Waals surface area contributed by atoms with Crippen LogP contribution in [0, 0.1) is 0 Å². The summed E-state index contributed by atoms with van der Waals surface area (Å²) in [6.45, 7) is 2.12. The summed E-state index contributed by atoms with van der Waals surface area (Å²) in [5.41, 5.74) is 7.67. The van der Waals surface area contributed by atoms with Gasteiger partial charge in [-0.15, -0.1) is 11.3 Å². The second kappa shape index (κ2) is 5.14. The molecule has 0 saturated heterocycles. The van der Waals surface area contributed by atoms with Gasteiger partial charge in [0.2, 0.25) is 0 Å². The first-order valence-electron chi connectivity index (χ1n) is 5.28. The van der Waals surface area contributed by atoms with Gasteiger partial charge in [-0.1, -0.05) is 13.3 Å². The van der Waals surface area contributed by atoms with Gasteiger partial charge in [0.05, 0.1) is 12.2 Å². The highest BCUT2D eigenvalue weighted by atomic mass is 32.1. The van der Waals surface area contributed by atoms with Gasteiger partial charge in [-0.25, -0.2) is 4.98 Å². The second-order valence-corrected chi connectivity index (χ2v) is 4.45. The lowest BCUT2D eigenvalue weighted by Crippen LogP contribution is -2.09. The predicted molar refractivity (Wildman–Crippen MR) is 65.0 cm³/mol. The molecule has 1 unspecified atom stereocenters. The minimum atomic E-state index is 0.0421. The summed E-state index contributed by atoms with van der Waals surface area (Å²) in [4.78, 5) is 12.7. The Hall–Kier alpha value is -1.33. The maximum absolute atomic E-state index is 6.01. The molecule has 2 aromatic rings. The molecule has 0 saturated carbocycles. The predicted octanol–water partition coefficient (Wildman–Crippen LogP) is 2.40. The minimum absolute atomic E-state index is 0.0421. The summed E-state index contributed by atoms with van der Waals surface area (Å²) in [6, 6.07) is 0.0421. The molecule has 0 fully saturated rings. The largest absolute Gasteiger partial charge is 0.322 e. The number of hydrogen-bond donors (Lipinski definition) is 1. The number of rotatable bonds is 4. The van der Waals surface area contributed by atoms with E-state index in [1.807, 2.05) is 5.38 Å². The van der Waals surface area contributed by atoms with E-state index < -0.39 is 0 Å². The Morgan fingerprint density at radius 2 is 2.25 bits per heavy atom. The number of aromatic nitrogens is 3. The van der Waals surface area contributed by atoms with E-state index in [4.69, 9.17) is 5.73 Å². The first-order valence-corrected chi connectivity index (χ1v) is 6.16. The summed E-state index contributed by atoms with van der Waals surface area (Å²) >= 11 is 1.59. The average molecular weight is 234 g/mol. The fourth-order valence-corrected chi connectivity index (χ4v) is 2.29. The Kier molecular flexibility index (Phi) is 3.58. The maximum Gasteiger partial charge on any atom is 0.110 e. The molecule has 0 amide bonds. The van der Waals surface area contributed by atoms with Crippen LogP contribution in [0.5, 0.6) is 0 Å². The topological polar surface area (TPSA) is 64.7 Å². The van der Waals surface area contributed by atoms with E-state index >= 15 is 0 Å². The normalized spacial score (nSPS) is 12.6. The van der Waals surface area contributed by atoms with Crippen molar-refractivity contribution in [3.63, 3.8) is 0 Å². The van der Waals surface area contributed by atoms with E-state index in [1.165, 1.54) is 0 Å². The van der Waals surface area contributed by atoms with Gasteiger partial charge in [0.15, 0.2) is 0 Å². The van der Waals surface area contributed by atoms with Crippen molar-refractivity contribution in [2.75, 3.05) is 0 Å². The second-order valence-electron chi connectivity index (χ2n) is 3.56. The molecule has 0 radical (unpaired) electrons. The van der Waals surface area contributed by atoms with Gasteiger partial charge in [0.25, 0.3) is 0 Å². The smallest absolute Gasteiger partial charge is 0.110 e. The monoisotopic (exact) mass is 234 g/mol. The molecule has 0 spiro atoms. The minimum Gasteiger partial charge on any atom is -0.322 e. The highest BCUT2D eigenvalue weighted by molar-refractivity contribution is 7.10. The third-order valence-electron chi connectivity index (χ3n) is 2.26. The van der Waals surface area contributed by atoms with Crippen molar-refractivity contribution >= 4 is 11.3 Å². The Bertz CT molecular complexity index is 440. The van der Waals surface area contributed by atoms with Crippen LogP contribution in [-0.2, 0) is 0 Å². The summed E-state index contributed by atoms with van der Waals surface area (Å²) in [6.07, 6.45) is 7.07. The highest BCUT2D eigenvalue weighted by Gasteiger charge is 2.11. The summed E-state index contributed by atoms with van der Waals surface area (Å²) in [7, 11) is 0. The maximum atomic E-state index is 6.01. The summed E-state index contributed by atoms with van der Waals surface area (Å²) in [5, 5.41) is 2.96. The lowest BCUT2D eigenvalue weighted by Gasteiger charge is -2.04. The fourth-order valence-electron chi connectivity index (χ4n) is 1.44. The van der Waals surface area contributed by atoms with Crippen molar-refractivity contribution in [3.8, 4) is 11.4 Å². The quantitative estimate of drug-likeness (QED) is 0.882. The van der Waals surface area contributed by atoms with E-state index in [9.17, 15) is 0 Å². The van der Waals surface area contributed by atoms with E-state index in [0.29, 0.717) is 0 Å². The van der Waals surface area contributed by atoms with Crippen LogP contribution in [0.2, 0.25) is 0 Å². The van der Waals surface area contributed by atoms with Crippen molar-refractivity contribution in [2.24, 2.45) is 5.73 Å².